The Morgan fingerprint density at radius 1 is 1.53 bits per heavy atom. The van der Waals surface area contributed by atoms with E-state index in [1.165, 1.54) is 11.7 Å². The topological polar surface area (TPSA) is 87.5 Å². The van der Waals surface area contributed by atoms with Crippen molar-refractivity contribution in [1.29, 1.82) is 0 Å². The van der Waals surface area contributed by atoms with Crippen molar-refractivity contribution >= 4 is 17.1 Å². The van der Waals surface area contributed by atoms with Crippen LogP contribution in [0.15, 0.2) is 27.4 Å². The third-order valence-electron chi connectivity index (χ3n) is 2.63. The SMILES string of the molecule is COC(=O)C(N)c1ccc2oc(=O)n(C)c2c1. The normalized spacial score (nSPS) is 12.6. The maximum atomic E-state index is 11.3. The van der Waals surface area contributed by atoms with Crippen LogP contribution in [0.4, 0.5) is 0 Å². The van der Waals surface area contributed by atoms with Crippen LogP contribution in [-0.4, -0.2) is 17.6 Å². The lowest BCUT2D eigenvalue weighted by Crippen LogP contribution is -2.22. The fourth-order valence-electron chi connectivity index (χ4n) is 1.60. The summed E-state index contributed by atoms with van der Waals surface area (Å²) in [5, 5.41) is 0. The number of nitrogens with two attached hydrogens (primary N) is 1. The first-order valence-electron chi connectivity index (χ1n) is 4.97. The number of aromatic nitrogens is 1. The highest BCUT2D eigenvalue weighted by Crippen LogP contribution is 2.18. The molecule has 0 bridgehead atoms. The second kappa shape index (κ2) is 4.06. The van der Waals surface area contributed by atoms with E-state index in [2.05, 4.69) is 4.74 Å². The van der Waals surface area contributed by atoms with Crippen molar-refractivity contribution in [3.63, 3.8) is 0 Å². The first-order valence-corrected chi connectivity index (χ1v) is 4.97. The molecule has 17 heavy (non-hydrogen) atoms. The van der Waals surface area contributed by atoms with Crippen molar-refractivity contribution < 1.29 is 13.9 Å². The summed E-state index contributed by atoms with van der Waals surface area (Å²) in [4.78, 5) is 22.6. The second-order valence-corrected chi connectivity index (χ2v) is 3.65. The van der Waals surface area contributed by atoms with Gasteiger partial charge in [-0.3, -0.25) is 9.36 Å². The zero-order valence-corrected chi connectivity index (χ0v) is 9.47. The molecule has 0 aliphatic carbocycles. The molecule has 2 rings (SSSR count). The standard InChI is InChI=1S/C11H12N2O4/c1-13-7-5-6(9(12)10(14)16-2)3-4-8(7)17-11(13)15/h3-5,9H,12H2,1-2H3. The Hall–Kier alpha value is -2.08. The molecule has 6 heteroatoms. The molecular weight excluding hydrogens is 224 g/mol. The van der Waals surface area contributed by atoms with Gasteiger partial charge >= 0.3 is 11.7 Å². The summed E-state index contributed by atoms with van der Waals surface area (Å²) in [6.07, 6.45) is 0. The highest BCUT2D eigenvalue weighted by Gasteiger charge is 2.17. The molecule has 0 fully saturated rings. The van der Waals surface area contributed by atoms with Crippen molar-refractivity contribution in [2.75, 3.05) is 7.11 Å². The van der Waals surface area contributed by atoms with Crippen molar-refractivity contribution in [2.45, 2.75) is 6.04 Å². The van der Waals surface area contributed by atoms with Gasteiger partial charge in [-0.2, -0.15) is 0 Å². The van der Waals surface area contributed by atoms with E-state index in [0.29, 0.717) is 16.7 Å². The number of rotatable bonds is 2. The van der Waals surface area contributed by atoms with Crippen LogP contribution in [0.2, 0.25) is 0 Å². The molecule has 1 atom stereocenters. The third kappa shape index (κ3) is 1.83. The number of ether oxygens (including phenoxy) is 1. The van der Waals surface area contributed by atoms with Gasteiger partial charge in [-0.25, -0.2) is 4.79 Å². The summed E-state index contributed by atoms with van der Waals surface area (Å²) in [6, 6.07) is 4.01. The lowest BCUT2D eigenvalue weighted by Gasteiger charge is -2.09. The number of oxazole rings is 1. The number of hydrogen-bond donors (Lipinski definition) is 1. The van der Waals surface area contributed by atoms with Gasteiger partial charge in [0.15, 0.2) is 5.58 Å². The van der Waals surface area contributed by atoms with Crippen LogP contribution in [0.1, 0.15) is 11.6 Å². The van der Waals surface area contributed by atoms with Gasteiger partial charge < -0.3 is 14.9 Å². The maximum absolute atomic E-state index is 11.3. The van der Waals surface area contributed by atoms with E-state index >= 15 is 0 Å². The minimum Gasteiger partial charge on any atom is -0.468 e. The molecule has 0 spiro atoms. The average molecular weight is 236 g/mol. The molecule has 1 aromatic heterocycles. The Morgan fingerprint density at radius 3 is 2.88 bits per heavy atom. The minimum atomic E-state index is -0.866. The van der Waals surface area contributed by atoms with Crippen molar-refractivity contribution in [2.24, 2.45) is 12.8 Å². The second-order valence-electron chi connectivity index (χ2n) is 3.65. The van der Waals surface area contributed by atoms with Crippen LogP contribution in [0.3, 0.4) is 0 Å². The lowest BCUT2D eigenvalue weighted by atomic mass is 10.1. The Kier molecular flexibility index (Phi) is 2.72. The lowest BCUT2D eigenvalue weighted by molar-refractivity contribution is -0.142. The zero-order chi connectivity index (χ0) is 12.6. The summed E-state index contributed by atoms with van der Waals surface area (Å²) < 4.78 is 10.9. The van der Waals surface area contributed by atoms with Gasteiger partial charge in [0.25, 0.3) is 0 Å². The van der Waals surface area contributed by atoms with Gasteiger partial charge in [0.05, 0.1) is 12.6 Å². The number of methoxy groups -OCH3 is 1. The number of nitrogens with zero attached hydrogens (tertiary/aromatic N) is 1. The van der Waals surface area contributed by atoms with Gasteiger partial charge in [0, 0.05) is 7.05 Å². The molecule has 2 N–H and O–H groups in total. The molecule has 1 heterocycles. The van der Waals surface area contributed by atoms with E-state index in [-0.39, 0.29) is 0 Å². The summed E-state index contributed by atoms with van der Waals surface area (Å²) in [7, 11) is 2.86. The molecule has 0 aliphatic heterocycles. The van der Waals surface area contributed by atoms with Crippen LogP contribution in [-0.2, 0) is 16.6 Å². The van der Waals surface area contributed by atoms with E-state index in [4.69, 9.17) is 10.2 Å². The Labute approximate surface area is 96.6 Å². The number of hydrogen-bond acceptors (Lipinski definition) is 5. The molecule has 1 aromatic carbocycles. The Balaban J connectivity index is 2.54. The molecule has 2 aromatic rings. The Morgan fingerprint density at radius 2 is 2.24 bits per heavy atom. The summed E-state index contributed by atoms with van der Waals surface area (Å²) >= 11 is 0. The van der Waals surface area contributed by atoms with E-state index in [1.54, 1.807) is 25.2 Å². The number of aryl methyl sites for hydroxylation is 1. The molecule has 0 radical (unpaired) electrons. The summed E-state index contributed by atoms with van der Waals surface area (Å²) in [5.41, 5.74) is 7.32. The van der Waals surface area contributed by atoms with Gasteiger partial charge in [-0.1, -0.05) is 6.07 Å². The monoisotopic (exact) mass is 236 g/mol. The quantitative estimate of drug-likeness (QED) is 0.758. The first-order chi connectivity index (χ1) is 8.04. The number of carbonyl (C=O) groups excluding carboxylic acids is 1. The number of benzene rings is 1. The zero-order valence-electron chi connectivity index (χ0n) is 9.47. The van der Waals surface area contributed by atoms with Gasteiger partial charge in [-0.05, 0) is 17.7 Å². The highest BCUT2D eigenvalue weighted by atomic mass is 16.5. The predicted octanol–water partition coefficient (Wildman–Crippen LogP) is 0.304. The molecule has 0 aliphatic rings. The third-order valence-corrected chi connectivity index (χ3v) is 2.63. The number of fused-ring (bicyclic) bond motifs is 1. The fourth-order valence-corrected chi connectivity index (χ4v) is 1.60. The highest BCUT2D eigenvalue weighted by molar-refractivity contribution is 5.80. The van der Waals surface area contributed by atoms with Crippen LogP contribution in [0.5, 0.6) is 0 Å². The number of esters is 1. The molecule has 0 amide bonds. The maximum Gasteiger partial charge on any atom is 0.419 e. The van der Waals surface area contributed by atoms with Gasteiger partial charge in [0.2, 0.25) is 0 Å². The predicted molar refractivity (Wildman–Crippen MR) is 60.4 cm³/mol. The van der Waals surface area contributed by atoms with E-state index in [9.17, 15) is 9.59 Å². The molecular formula is C11H12N2O4. The van der Waals surface area contributed by atoms with Crippen molar-refractivity contribution in [1.82, 2.24) is 4.57 Å². The van der Waals surface area contributed by atoms with Crippen LogP contribution in [0.25, 0.3) is 11.1 Å². The first kappa shape index (κ1) is 11.4. The summed E-state index contributed by atoms with van der Waals surface area (Å²) in [5.74, 6) is -0.985. The van der Waals surface area contributed by atoms with Crippen molar-refractivity contribution in [3.8, 4) is 0 Å². The average Bonchev–Trinajstić information content (AvgIpc) is 2.63. The van der Waals surface area contributed by atoms with E-state index in [0.717, 1.165) is 0 Å². The minimum absolute atomic E-state index is 0.455. The Bertz CT molecular complexity index is 626. The van der Waals surface area contributed by atoms with Crippen molar-refractivity contribution in [3.05, 3.63) is 34.3 Å². The van der Waals surface area contributed by atoms with E-state index in [1.807, 2.05) is 0 Å². The summed E-state index contributed by atoms with van der Waals surface area (Å²) in [6.45, 7) is 0. The van der Waals surface area contributed by atoms with E-state index < -0.39 is 17.8 Å². The molecule has 90 valence electrons. The smallest absolute Gasteiger partial charge is 0.419 e. The molecule has 0 saturated heterocycles. The van der Waals surface area contributed by atoms with Crippen LogP contribution in [0, 0.1) is 0 Å². The molecule has 1 unspecified atom stereocenters. The number of carbonyl (C=O) groups is 1. The largest absolute Gasteiger partial charge is 0.468 e. The van der Waals surface area contributed by atoms with Gasteiger partial charge in [0.1, 0.15) is 6.04 Å². The van der Waals surface area contributed by atoms with Crippen LogP contribution >= 0.6 is 0 Å². The fraction of sp³-hybridized carbons (Fsp3) is 0.273. The molecule has 0 saturated carbocycles. The van der Waals surface area contributed by atoms with Crippen LogP contribution < -0.4 is 11.5 Å². The molecule has 6 nitrogen and oxygen atoms in total. The van der Waals surface area contributed by atoms with Gasteiger partial charge in [-0.15, -0.1) is 0 Å².